The number of benzene rings is 1. The molecule has 0 aromatic heterocycles. The number of allylic oxidation sites excluding steroid dienone is 2. The highest BCUT2D eigenvalue weighted by molar-refractivity contribution is 9.10. The Morgan fingerprint density at radius 3 is 2.60 bits per heavy atom. The lowest BCUT2D eigenvalue weighted by Gasteiger charge is -2.29. The summed E-state index contributed by atoms with van der Waals surface area (Å²) in [4.78, 5) is 12.0. The van der Waals surface area contributed by atoms with Crippen LogP contribution in [0.25, 0.3) is 0 Å². The van der Waals surface area contributed by atoms with Gasteiger partial charge in [0.1, 0.15) is 0 Å². The Balaban J connectivity index is 2.72. The third-order valence-electron chi connectivity index (χ3n) is 2.86. The van der Waals surface area contributed by atoms with E-state index in [1.54, 1.807) is 0 Å². The maximum absolute atomic E-state index is 12.0. The molecule has 1 aliphatic carbocycles. The molecule has 0 spiro atoms. The lowest BCUT2D eigenvalue weighted by atomic mass is 9.74. The van der Waals surface area contributed by atoms with E-state index in [0.29, 0.717) is 0 Å². The Labute approximate surface area is 98.3 Å². The molecule has 1 aromatic carbocycles. The molecule has 78 valence electrons. The molecular weight excluding hydrogens is 252 g/mol. The molecule has 0 saturated carbocycles. The second kappa shape index (κ2) is 3.31. The van der Waals surface area contributed by atoms with Crippen molar-refractivity contribution in [1.82, 2.24) is 0 Å². The number of halogens is 1. The van der Waals surface area contributed by atoms with E-state index in [9.17, 15) is 4.79 Å². The van der Waals surface area contributed by atoms with E-state index in [0.717, 1.165) is 21.2 Å². The van der Waals surface area contributed by atoms with Gasteiger partial charge in [0.05, 0.1) is 0 Å². The summed E-state index contributed by atoms with van der Waals surface area (Å²) < 4.78 is 0.958. The van der Waals surface area contributed by atoms with E-state index in [4.69, 9.17) is 0 Å². The van der Waals surface area contributed by atoms with Crippen LogP contribution in [0.3, 0.4) is 0 Å². The second-order valence-electron chi connectivity index (χ2n) is 4.57. The third-order valence-corrected chi connectivity index (χ3v) is 3.35. The first kappa shape index (κ1) is 10.6. The molecule has 0 heterocycles. The molecule has 1 nitrogen and oxygen atoms in total. The summed E-state index contributed by atoms with van der Waals surface area (Å²) in [6.45, 7) is 6.15. The lowest BCUT2D eigenvalue weighted by molar-refractivity contribution is 0.102. The van der Waals surface area contributed by atoms with Crippen LogP contribution < -0.4 is 0 Å². The third kappa shape index (κ3) is 1.67. The number of Topliss-reactive ketones (excluding diaryl/α,β-unsaturated/α-hetero) is 1. The van der Waals surface area contributed by atoms with Crippen molar-refractivity contribution in [2.24, 2.45) is 0 Å². The van der Waals surface area contributed by atoms with Crippen LogP contribution in [0.1, 0.15) is 36.7 Å². The quantitative estimate of drug-likeness (QED) is 0.696. The van der Waals surface area contributed by atoms with Crippen LogP contribution in [-0.4, -0.2) is 5.78 Å². The lowest BCUT2D eigenvalue weighted by Crippen LogP contribution is -2.24. The number of ketones is 1. The zero-order valence-corrected chi connectivity index (χ0v) is 10.7. The van der Waals surface area contributed by atoms with Gasteiger partial charge < -0.3 is 0 Å². The van der Waals surface area contributed by atoms with E-state index in [1.807, 2.05) is 31.2 Å². The van der Waals surface area contributed by atoms with Gasteiger partial charge in [-0.25, -0.2) is 0 Å². The van der Waals surface area contributed by atoms with Crippen LogP contribution >= 0.6 is 15.9 Å². The minimum Gasteiger partial charge on any atom is -0.289 e. The zero-order chi connectivity index (χ0) is 11.2. The van der Waals surface area contributed by atoms with Gasteiger partial charge in [-0.15, -0.1) is 0 Å². The Morgan fingerprint density at radius 2 is 1.93 bits per heavy atom. The molecule has 1 aromatic rings. The molecule has 1 aliphatic rings. The summed E-state index contributed by atoms with van der Waals surface area (Å²) in [6.07, 6.45) is 2.05. The first-order chi connectivity index (χ1) is 6.92. The molecule has 0 saturated heterocycles. The topological polar surface area (TPSA) is 17.1 Å². The van der Waals surface area contributed by atoms with Crippen molar-refractivity contribution >= 4 is 21.7 Å². The summed E-state index contributed by atoms with van der Waals surface area (Å²) in [7, 11) is 0. The molecule has 0 aliphatic heterocycles. The fourth-order valence-electron chi connectivity index (χ4n) is 2.16. The monoisotopic (exact) mass is 264 g/mol. The van der Waals surface area contributed by atoms with Gasteiger partial charge in [0.15, 0.2) is 5.78 Å². The number of hydrogen-bond acceptors (Lipinski definition) is 1. The molecule has 2 rings (SSSR count). The molecule has 0 radical (unpaired) electrons. The first-order valence-corrected chi connectivity index (χ1v) is 5.75. The number of hydrogen-bond donors (Lipinski definition) is 0. The maximum Gasteiger partial charge on any atom is 0.188 e. The number of fused-ring (bicyclic) bond motifs is 1. The van der Waals surface area contributed by atoms with Crippen LogP contribution in [-0.2, 0) is 5.41 Å². The highest BCUT2D eigenvalue weighted by Crippen LogP contribution is 2.36. The average Bonchev–Trinajstić information content (AvgIpc) is 2.13. The van der Waals surface area contributed by atoms with Crippen LogP contribution in [0, 0.1) is 0 Å². The van der Waals surface area contributed by atoms with Crippen molar-refractivity contribution in [3.8, 4) is 0 Å². The van der Waals surface area contributed by atoms with E-state index < -0.39 is 0 Å². The molecular formula is C13H13BrO. The standard InChI is InChI=1S/C13H13BrO/c1-8-7-13(2,3)11-5-4-9(14)6-10(11)12(8)15/h4-7H,1-3H3. The molecule has 0 atom stereocenters. The molecule has 0 bridgehead atoms. The number of carbonyl (C=O) groups is 1. The van der Waals surface area contributed by atoms with Crippen LogP contribution in [0.2, 0.25) is 0 Å². The van der Waals surface area contributed by atoms with E-state index in [2.05, 4.69) is 29.8 Å². The van der Waals surface area contributed by atoms with Crippen molar-refractivity contribution in [3.05, 3.63) is 45.4 Å². The summed E-state index contributed by atoms with van der Waals surface area (Å²) in [5.74, 6) is 0.144. The van der Waals surface area contributed by atoms with E-state index in [1.165, 1.54) is 0 Å². The van der Waals surface area contributed by atoms with Crippen molar-refractivity contribution < 1.29 is 4.79 Å². The van der Waals surface area contributed by atoms with E-state index >= 15 is 0 Å². The largest absolute Gasteiger partial charge is 0.289 e. The maximum atomic E-state index is 12.0. The minimum absolute atomic E-state index is 0.0476. The summed E-state index contributed by atoms with van der Waals surface area (Å²) in [6, 6.07) is 5.93. The predicted octanol–water partition coefficient (Wildman–Crippen LogP) is 3.87. The molecule has 0 unspecified atom stereocenters. The predicted molar refractivity (Wildman–Crippen MR) is 65.3 cm³/mol. The highest BCUT2D eigenvalue weighted by atomic mass is 79.9. The second-order valence-corrected chi connectivity index (χ2v) is 5.48. The van der Waals surface area contributed by atoms with Crippen molar-refractivity contribution in [2.75, 3.05) is 0 Å². The zero-order valence-electron chi connectivity index (χ0n) is 9.10. The normalized spacial score (nSPS) is 18.4. The fourth-order valence-corrected chi connectivity index (χ4v) is 2.52. The molecule has 0 N–H and O–H groups in total. The van der Waals surface area contributed by atoms with Gasteiger partial charge in [-0.1, -0.05) is 41.9 Å². The smallest absolute Gasteiger partial charge is 0.188 e. The number of carbonyl (C=O) groups excluding carboxylic acids is 1. The average molecular weight is 265 g/mol. The molecule has 0 fully saturated rings. The van der Waals surface area contributed by atoms with Gasteiger partial charge in [-0.2, -0.15) is 0 Å². The molecule has 0 amide bonds. The molecule has 2 heteroatoms. The van der Waals surface area contributed by atoms with Crippen molar-refractivity contribution in [1.29, 1.82) is 0 Å². The fraction of sp³-hybridized carbons (Fsp3) is 0.308. The number of rotatable bonds is 0. The highest BCUT2D eigenvalue weighted by Gasteiger charge is 2.29. The Hall–Kier alpha value is -0.890. The first-order valence-electron chi connectivity index (χ1n) is 4.96. The SMILES string of the molecule is CC1=CC(C)(C)c2ccc(Br)cc2C1=O. The van der Waals surface area contributed by atoms with Gasteiger partial charge in [0.2, 0.25) is 0 Å². The Morgan fingerprint density at radius 1 is 1.27 bits per heavy atom. The van der Waals surface area contributed by atoms with Crippen LogP contribution in [0.4, 0.5) is 0 Å². The minimum atomic E-state index is -0.0476. The summed E-state index contributed by atoms with van der Waals surface area (Å²) in [5, 5.41) is 0. The van der Waals surface area contributed by atoms with Gasteiger partial charge in [0, 0.05) is 15.5 Å². The Kier molecular flexibility index (Phi) is 2.34. The van der Waals surface area contributed by atoms with Gasteiger partial charge >= 0.3 is 0 Å². The molecule has 15 heavy (non-hydrogen) atoms. The van der Waals surface area contributed by atoms with Gasteiger partial charge in [-0.3, -0.25) is 4.79 Å². The van der Waals surface area contributed by atoms with E-state index in [-0.39, 0.29) is 11.2 Å². The Bertz CT molecular complexity index is 469. The van der Waals surface area contributed by atoms with Crippen LogP contribution in [0.5, 0.6) is 0 Å². The van der Waals surface area contributed by atoms with Crippen molar-refractivity contribution in [2.45, 2.75) is 26.2 Å². The van der Waals surface area contributed by atoms with Gasteiger partial charge in [0.25, 0.3) is 0 Å². The van der Waals surface area contributed by atoms with Gasteiger partial charge in [-0.05, 0) is 30.2 Å². The van der Waals surface area contributed by atoms with Crippen molar-refractivity contribution in [3.63, 3.8) is 0 Å². The summed E-state index contributed by atoms with van der Waals surface area (Å²) in [5.41, 5.74) is 2.73. The summed E-state index contributed by atoms with van der Waals surface area (Å²) >= 11 is 3.40. The van der Waals surface area contributed by atoms with Crippen LogP contribution in [0.15, 0.2) is 34.3 Å².